The van der Waals surface area contributed by atoms with Gasteiger partial charge in [-0.05, 0) is 48.5 Å². The standard InChI is InChI=1S/C31H26F2N4O6/c1-4-13-36-17-22(30(39)37(31(36)40)20-8-5-18(32)6-9-20)29(38)35-19-7-10-26(23(33)14-19)43-25-11-12-34-24-16-28(42-3)27(41-2)15-21(24)25/h4-12,14-16,22H,1,13,17H2,2-3H3,(H,35,38). The van der Waals surface area contributed by atoms with Crippen LogP contribution in [0.2, 0.25) is 0 Å². The number of anilines is 2. The van der Waals surface area contributed by atoms with Crippen LogP contribution in [0, 0.1) is 17.6 Å². The minimum absolute atomic E-state index is 0.0640. The van der Waals surface area contributed by atoms with E-state index in [9.17, 15) is 18.8 Å². The van der Waals surface area contributed by atoms with Crippen LogP contribution in [0.3, 0.4) is 0 Å². The summed E-state index contributed by atoms with van der Waals surface area (Å²) in [5.74, 6) is -3.12. The number of urea groups is 1. The first-order valence-electron chi connectivity index (χ1n) is 13.0. The molecule has 10 nitrogen and oxygen atoms in total. The number of carbonyl (C=O) groups excluding carboxylic acids is 3. The van der Waals surface area contributed by atoms with Crippen molar-refractivity contribution in [3.05, 3.63) is 91.1 Å². The number of nitrogens with zero attached hydrogens (tertiary/aromatic N) is 3. The van der Waals surface area contributed by atoms with Gasteiger partial charge in [-0.25, -0.2) is 18.5 Å². The molecular weight excluding hydrogens is 562 g/mol. The summed E-state index contributed by atoms with van der Waals surface area (Å²) >= 11 is 0. The number of ether oxygens (including phenoxy) is 3. The van der Waals surface area contributed by atoms with Crippen LogP contribution in [0.1, 0.15) is 0 Å². The number of halogens is 2. The molecule has 0 radical (unpaired) electrons. The average molecular weight is 589 g/mol. The van der Waals surface area contributed by atoms with E-state index in [0.29, 0.717) is 28.2 Å². The van der Waals surface area contributed by atoms with Crippen LogP contribution in [-0.2, 0) is 9.59 Å². The summed E-state index contributed by atoms with van der Waals surface area (Å²) in [6.07, 6.45) is 2.96. The van der Waals surface area contributed by atoms with Gasteiger partial charge >= 0.3 is 6.03 Å². The third-order valence-corrected chi connectivity index (χ3v) is 6.76. The number of aromatic nitrogens is 1. The molecule has 4 aromatic rings. The van der Waals surface area contributed by atoms with Gasteiger partial charge in [0, 0.05) is 42.5 Å². The van der Waals surface area contributed by atoms with Crippen LogP contribution >= 0.6 is 0 Å². The Morgan fingerprint density at radius 2 is 1.72 bits per heavy atom. The molecule has 2 heterocycles. The Morgan fingerprint density at radius 1 is 1.00 bits per heavy atom. The Morgan fingerprint density at radius 3 is 2.40 bits per heavy atom. The first-order chi connectivity index (χ1) is 20.7. The predicted octanol–water partition coefficient (Wildman–Crippen LogP) is 5.53. The number of benzene rings is 3. The van der Waals surface area contributed by atoms with Crippen molar-refractivity contribution in [2.24, 2.45) is 5.92 Å². The first kappa shape index (κ1) is 29.0. The monoisotopic (exact) mass is 588 g/mol. The van der Waals surface area contributed by atoms with Crippen LogP contribution in [0.5, 0.6) is 23.0 Å². The fourth-order valence-corrected chi connectivity index (χ4v) is 4.65. The van der Waals surface area contributed by atoms with E-state index < -0.39 is 35.4 Å². The van der Waals surface area contributed by atoms with E-state index >= 15 is 4.39 Å². The normalized spacial score (nSPS) is 14.9. The van der Waals surface area contributed by atoms with Gasteiger partial charge in [-0.3, -0.25) is 14.6 Å². The lowest BCUT2D eigenvalue weighted by atomic mass is 10.0. The summed E-state index contributed by atoms with van der Waals surface area (Å²) in [6, 6.07) is 12.8. The predicted molar refractivity (Wildman–Crippen MR) is 154 cm³/mol. The van der Waals surface area contributed by atoms with Gasteiger partial charge in [-0.15, -0.1) is 6.58 Å². The highest BCUT2D eigenvalue weighted by Crippen LogP contribution is 2.37. The molecule has 1 atom stereocenters. The third kappa shape index (κ3) is 5.80. The highest BCUT2D eigenvalue weighted by atomic mass is 19.1. The number of imide groups is 1. The molecule has 220 valence electrons. The molecule has 1 unspecified atom stereocenters. The van der Waals surface area contributed by atoms with Crippen LogP contribution in [-0.4, -0.2) is 55.0 Å². The van der Waals surface area contributed by atoms with Crippen molar-refractivity contribution in [2.75, 3.05) is 37.5 Å². The molecule has 0 spiro atoms. The molecule has 5 rings (SSSR count). The van der Waals surface area contributed by atoms with Gasteiger partial charge in [-0.1, -0.05) is 6.08 Å². The number of rotatable bonds is 9. The topological polar surface area (TPSA) is 110 Å². The number of hydrogen-bond acceptors (Lipinski definition) is 7. The van der Waals surface area contributed by atoms with Gasteiger partial charge in [0.15, 0.2) is 23.1 Å². The second-order valence-electron chi connectivity index (χ2n) is 9.45. The quantitative estimate of drug-likeness (QED) is 0.202. The Balaban J connectivity index is 1.36. The number of fused-ring (bicyclic) bond motifs is 1. The molecule has 1 aromatic heterocycles. The SMILES string of the molecule is C=CCN1CC(C(=O)Nc2ccc(Oc3ccnc4cc(OC)c(OC)cc34)c(F)c2)C(=O)N(c2ccc(F)cc2)C1=O. The van der Waals surface area contributed by atoms with Crippen molar-refractivity contribution in [3.63, 3.8) is 0 Å². The average Bonchev–Trinajstić information content (AvgIpc) is 3.00. The zero-order chi connectivity index (χ0) is 30.7. The van der Waals surface area contributed by atoms with E-state index in [4.69, 9.17) is 14.2 Å². The summed E-state index contributed by atoms with van der Waals surface area (Å²) in [5.41, 5.74) is 0.708. The van der Waals surface area contributed by atoms with Crippen LogP contribution in [0.25, 0.3) is 10.9 Å². The smallest absolute Gasteiger partial charge is 0.331 e. The number of pyridine rings is 1. The lowest BCUT2D eigenvalue weighted by molar-refractivity contribution is -0.132. The molecule has 1 fully saturated rings. The van der Waals surface area contributed by atoms with E-state index in [0.717, 1.165) is 23.1 Å². The number of hydrogen-bond donors (Lipinski definition) is 1. The van der Waals surface area contributed by atoms with E-state index in [1.165, 1.54) is 55.7 Å². The molecule has 4 amide bonds. The van der Waals surface area contributed by atoms with Crippen molar-refractivity contribution >= 4 is 40.1 Å². The van der Waals surface area contributed by atoms with Gasteiger partial charge in [0.25, 0.3) is 0 Å². The van der Waals surface area contributed by atoms with E-state index in [-0.39, 0.29) is 30.2 Å². The van der Waals surface area contributed by atoms with Crippen molar-refractivity contribution < 1.29 is 37.4 Å². The Labute approximate surface area is 245 Å². The van der Waals surface area contributed by atoms with Gasteiger partial charge in [-0.2, -0.15) is 0 Å². The molecule has 3 aromatic carbocycles. The van der Waals surface area contributed by atoms with Gasteiger partial charge in [0.1, 0.15) is 17.5 Å². The summed E-state index contributed by atoms with van der Waals surface area (Å²) in [6.45, 7) is 3.46. The Bertz CT molecular complexity index is 1730. The lowest BCUT2D eigenvalue weighted by Crippen LogP contribution is -2.59. The molecule has 43 heavy (non-hydrogen) atoms. The van der Waals surface area contributed by atoms with Gasteiger partial charge in [0.2, 0.25) is 11.8 Å². The Hall–Kier alpha value is -5.52. The lowest BCUT2D eigenvalue weighted by Gasteiger charge is -2.37. The third-order valence-electron chi connectivity index (χ3n) is 6.76. The molecule has 1 N–H and O–H groups in total. The molecule has 0 bridgehead atoms. The number of methoxy groups -OCH3 is 2. The summed E-state index contributed by atoms with van der Waals surface area (Å²) in [4.78, 5) is 45.9. The summed E-state index contributed by atoms with van der Waals surface area (Å²) < 4.78 is 45.2. The zero-order valence-corrected chi connectivity index (χ0v) is 23.2. The van der Waals surface area contributed by atoms with Gasteiger partial charge < -0.3 is 24.4 Å². The molecule has 1 saturated heterocycles. The summed E-state index contributed by atoms with van der Waals surface area (Å²) in [7, 11) is 2.99. The fourth-order valence-electron chi connectivity index (χ4n) is 4.65. The maximum absolute atomic E-state index is 15.2. The Kier molecular flexibility index (Phi) is 8.19. The van der Waals surface area contributed by atoms with Crippen LogP contribution in [0.4, 0.5) is 25.0 Å². The molecular formula is C31H26F2N4O6. The molecule has 12 heteroatoms. The maximum atomic E-state index is 15.2. The van der Waals surface area contributed by atoms with Crippen molar-refractivity contribution in [2.45, 2.75) is 0 Å². The maximum Gasteiger partial charge on any atom is 0.331 e. The molecule has 0 aliphatic carbocycles. The number of nitrogens with one attached hydrogen (secondary N) is 1. The molecule has 1 aliphatic heterocycles. The van der Waals surface area contributed by atoms with Crippen molar-refractivity contribution in [1.29, 1.82) is 0 Å². The second kappa shape index (κ2) is 12.1. The fraction of sp³-hybridized carbons (Fsp3) is 0.161. The highest BCUT2D eigenvalue weighted by molar-refractivity contribution is 6.23. The second-order valence-corrected chi connectivity index (χ2v) is 9.45. The number of amides is 4. The minimum atomic E-state index is -1.32. The first-order valence-corrected chi connectivity index (χ1v) is 13.0. The minimum Gasteiger partial charge on any atom is -0.493 e. The van der Waals surface area contributed by atoms with Gasteiger partial charge in [0.05, 0.1) is 25.4 Å². The number of carbonyl (C=O) groups is 3. The summed E-state index contributed by atoms with van der Waals surface area (Å²) in [5, 5.41) is 3.10. The van der Waals surface area contributed by atoms with Crippen LogP contribution in [0.15, 0.2) is 79.5 Å². The van der Waals surface area contributed by atoms with E-state index in [2.05, 4.69) is 16.9 Å². The largest absolute Gasteiger partial charge is 0.493 e. The molecule has 1 aliphatic rings. The van der Waals surface area contributed by atoms with Crippen molar-refractivity contribution in [1.82, 2.24) is 9.88 Å². The molecule has 0 saturated carbocycles. The zero-order valence-electron chi connectivity index (χ0n) is 23.2. The van der Waals surface area contributed by atoms with E-state index in [1.807, 2.05) is 0 Å². The highest BCUT2D eigenvalue weighted by Gasteiger charge is 2.43. The van der Waals surface area contributed by atoms with E-state index in [1.54, 1.807) is 18.2 Å². The van der Waals surface area contributed by atoms with Crippen molar-refractivity contribution in [3.8, 4) is 23.0 Å². The van der Waals surface area contributed by atoms with Crippen LogP contribution < -0.4 is 24.4 Å².